The summed E-state index contributed by atoms with van der Waals surface area (Å²) < 4.78 is 33.7. The Morgan fingerprint density at radius 3 is 2.27 bits per heavy atom. The van der Waals surface area contributed by atoms with E-state index in [9.17, 15) is 18.4 Å². The average Bonchev–Trinajstić information content (AvgIpc) is 3.10. The first-order valence-electron chi connectivity index (χ1n) is 10.2. The lowest BCUT2D eigenvalue weighted by Crippen LogP contribution is -2.72. The van der Waals surface area contributed by atoms with Crippen LogP contribution in [0.5, 0.6) is 0 Å². The van der Waals surface area contributed by atoms with Gasteiger partial charge in [-0.05, 0) is 58.2 Å². The van der Waals surface area contributed by atoms with E-state index in [1.54, 1.807) is 27.7 Å². The van der Waals surface area contributed by atoms with Crippen molar-refractivity contribution in [2.75, 3.05) is 13.1 Å². The average molecular weight is 418 g/mol. The summed E-state index contributed by atoms with van der Waals surface area (Å²) in [5.74, 6) is 0.670. The molecule has 1 spiro atoms. The highest BCUT2D eigenvalue weighted by molar-refractivity contribution is 5.92. The van der Waals surface area contributed by atoms with Crippen LogP contribution in [0.15, 0.2) is 18.2 Å². The predicted molar refractivity (Wildman–Crippen MR) is 108 cm³/mol. The fourth-order valence-corrected chi connectivity index (χ4v) is 4.58. The molecule has 3 rings (SSSR count). The second-order valence-electron chi connectivity index (χ2n) is 9.33. The summed E-state index contributed by atoms with van der Waals surface area (Å²) in [6.45, 7) is 6.93. The lowest BCUT2D eigenvalue weighted by Gasteiger charge is -2.55. The normalized spacial score (nSPS) is 23.6. The van der Waals surface area contributed by atoms with Gasteiger partial charge in [-0.25, -0.2) is 13.6 Å². The number of carbonyl (C=O) groups excluding carboxylic acids is 2. The molecule has 162 valence electrons. The summed E-state index contributed by atoms with van der Waals surface area (Å²) in [6.07, 6.45) is 7.52. The van der Waals surface area contributed by atoms with Gasteiger partial charge in [0.05, 0.1) is 18.6 Å². The maximum absolute atomic E-state index is 14.0. The van der Waals surface area contributed by atoms with E-state index >= 15 is 0 Å². The molecule has 1 heterocycles. The summed E-state index contributed by atoms with van der Waals surface area (Å²) in [5, 5.41) is 0. The number of hydrogen-bond donors (Lipinski definition) is 0. The van der Waals surface area contributed by atoms with Crippen molar-refractivity contribution in [3.8, 4) is 12.3 Å². The molecule has 0 aromatic heterocycles. The summed E-state index contributed by atoms with van der Waals surface area (Å²) in [6, 6.07) is 3.13. The predicted octanol–water partition coefficient (Wildman–Crippen LogP) is 4.21. The molecule has 1 atom stereocenters. The van der Waals surface area contributed by atoms with Crippen LogP contribution in [0, 0.1) is 24.0 Å². The second kappa shape index (κ2) is 7.57. The van der Waals surface area contributed by atoms with E-state index in [0.29, 0.717) is 12.8 Å². The van der Waals surface area contributed by atoms with Crippen LogP contribution in [0.3, 0.4) is 0 Å². The molecule has 0 bridgehead atoms. The maximum Gasteiger partial charge on any atom is 0.411 e. The molecule has 0 unspecified atom stereocenters. The Morgan fingerprint density at radius 1 is 1.20 bits per heavy atom. The van der Waals surface area contributed by atoms with E-state index in [2.05, 4.69) is 5.92 Å². The van der Waals surface area contributed by atoms with Gasteiger partial charge in [-0.15, -0.1) is 6.42 Å². The van der Waals surface area contributed by atoms with Crippen LogP contribution in [0.1, 0.15) is 58.9 Å². The van der Waals surface area contributed by atoms with Gasteiger partial charge < -0.3 is 9.64 Å². The zero-order chi connectivity index (χ0) is 22.3. The van der Waals surface area contributed by atoms with Crippen LogP contribution in [-0.4, -0.2) is 46.0 Å². The Labute approximate surface area is 176 Å². The highest BCUT2D eigenvalue weighted by atomic mass is 19.1. The molecule has 1 aliphatic heterocycles. The number of benzene rings is 1. The van der Waals surface area contributed by atoms with Crippen molar-refractivity contribution < 1.29 is 23.1 Å². The largest absolute Gasteiger partial charge is 0.444 e. The third-order valence-corrected chi connectivity index (χ3v) is 6.00. The van der Waals surface area contributed by atoms with Crippen molar-refractivity contribution in [2.45, 2.75) is 70.1 Å². The van der Waals surface area contributed by atoms with Gasteiger partial charge in [-0.3, -0.25) is 9.69 Å². The van der Waals surface area contributed by atoms with Gasteiger partial charge in [0.2, 0.25) is 5.91 Å². The SMILES string of the molecule is C#CCN1C(=O)C2(CCCC2)N(C(=O)OC(C)(C)C)C[C@@]1(C)c1cc(F)cc(F)c1. The topological polar surface area (TPSA) is 49.9 Å². The molecule has 5 nitrogen and oxygen atoms in total. The molecule has 0 N–H and O–H groups in total. The fourth-order valence-electron chi connectivity index (χ4n) is 4.58. The Balaban J connectivity index is 2.14. The van der Waals surface area contributed by atoms with Crippen LogP contribution in [-0.2, 0) is 15.1 Å². The molecule has 0 radical (unpaired) electrons. The van der Waals surface area contributed by atoms with Gasteiger partial charge in [0, 0.05) is 6.07 Å². The molecule has 2 amide bonds. The van der Waals surface area contributed by atoms with E-state index in [0.717, 1.165) is 18.9 Å². The van der Waals surface area contributed by atoms with Crippen molar-refractivity contribution in [2.24, 2.45) is 0 Å². The highest BCUT2D eigenvalue weighted by Gasteiger charge is 2.59. The minimum atomic E-state index is -1.21. The minimum Gasteiger partial charge on any atom is -0.444 e. The summed E-state index contributed by atoms with van der Waals surface area (Å²) >= 11 is 0. The van der Waals surface area contributed by atoms with E-state index in [1.807, 2.05) is 0 Å². The third-order valence-electron chi connectivity index (χ3n) is 6.00. The number of piperazine rings is 1. The second-order valence-corrected chi connectivity index (χ2v) is 9.33. The van der Waals surface area contributed by atoms with Crippen LogP contribution in [0.4, 0.5) is 13.6 Å². The number of hydrogen-bond acceptors (Lipinski definition) is 3. The number of nitrogens with zero attached hydrogens (tertiary/aromatic N) is 2. The molecule has 7 heteroatoms. The van der Waals surface area contributed by atoms with Crippen molar-refractivity contribution in [1.82, 2.24) is 9.80 Å². The van der Waals surface area contributed by atoms with Gasteiger partial charge >= 0.3 is 6.09 Å². The number of carbonyl (C=O) groups is 2. The van der Waals surface area contributed by atoms with Gasteiger partial charge in [0.15, 0.2) is 0 Å². The zero-order valence-electron chi connectivity index (χ0n) is 17.9. The summed E-state index contributed by atoms with van der Waals surface area (Å²) in [4.78, 5) is 29.9. The standard InChI is InChI=1S/C23H28F2N2O3/c1-6-11-26-19(28)23(9-7-8-10-23)27(20(29)30-21(2,3)4)15-22(26,5)16-12-17(24)14-18(25)13-16/h1,12-14H,7-11,15H2,2-5H3/t22-/m0/s1. The number of terminal acetylenes is 1. The van der Waals surface area contributed by atoms with E-state index in [1.165, 1.54) is 21.9 Å². The Hall–Kier alpha value is -2.62. The molecule has 30 heavy (non-hydrogen) atoms. The fraction of sp³-hybridized carbons (Fsp3) is 0.565. The van der Waals surface area contributed by atoms with Crippen molar-refractivity contribution in [3.63, 3.8) is 0 Å². The summed E-state index contributed by atoms with van der Waals surface area (Å²) in [5.41, 5.74) is -2.77. The number of ether oxygens (including phenoxy) is 1. The first-order chi connectivity index (χ1) is 13.9. The molecular formula is C23H28F2N2O3. The van der Waals surface area contributed by atoms with E-state index in [4.69, 9.17) is 11.2 Å². The first-order valence-corrected chi connectivity index (χ1v) is 10.2. The first kappa shape index (κ1) is 22.1. The molecule has 1 aliphatic carbocycles. The lowest BCUT2D eigenvalue weighted by molar-refractivity contribution is -0.162. The number of amides is 2. The summed E-state index contributed by atoms with van der Waals surface area (Å²) in [7, 11) is 0. The van der Waals surface area contributed by atoms with Crippen LogP contribution >= 0.6 is 0 Å². The van der Waals surface area contributed by atoms with Crippen LogP contribution in [0.2, 0.25) is 0 Å². The smallest absolute Gasteiger partial charge is 0.411 e. The Kier molecular flexibility index (Phi) is 5.57. The van der Waals surface area contributed by atoms with Gasteiger partial charge in [0.1, 0.15) is 22.8 Å². The Bertz CT molecular complexity index is 876. The zero-order valence-corrected chi connectivity index (χ0v) is 17.9. The van der Waals surface area contributed by atoms with Gasteiger partial charge in [0.25, 0.3) is 0 Å². The number of rotatable bonds is 2. The molecule has 2 aliphatic rings. The Morgan fingerprint density at radius 2 is 1.77 bits per heavy atom. The molecule has 1 saturated heterocycles. The van der Waals surface area contributed by atoms with Gasteiger partial charge in [-0.2, -0.15) is 0 Å². The molecule has 1 saturated carbocycles. The van der Waals surface area contributed by atoms with E-state index < -0.39 is 34.4 Å². The molecule has 1 aromatic carbocycles. The quantitative estimate of drug-likeness (QED) is 0.677. The van der Waals surface area contributed by atoms with Crippen molar-refractivity contribution in [3.05, 3.63) is 35.4 Å². The van der Waals surface area contributed by atoms with Crippen LogP contribution < -0.4 is 0 Å². The molecule has 2 fully saturated rings. The maximum atomic E-state index is 14.0. The van der Waals surface area contributed by atoms with Crippen molar-refractivity contribution >= 4 is 12.0 Å². The lowest BCUT2D eigenvalue weighted by atomic mass is 9.80. The highest BCUT2D eigenvalue weighted by Crippen LogP contribution is 2.46. The monoisotopic (exact) mass is 418 g/mol. The number of halogens is 2. The van der Waals surface area contributed by atoms with Crippen LogP contribution in [0.25, 0.3) is 0 Å². The third kappa shape index (κ3) is 3.76. The van der Waals surface area contributed by atoms with Crippen molar-refractivity contribution in [1.29, 1.82) is 0 Å². The van der Waals surface area contributed by atoms with Gasteiger partial charge in [-0.1, -0.05) is 18.8 Å². The molecule has 1 aromatic rings. The molecular weight excluding hydrogens is 390 g/mol. The minimum absolute atomic E-state index is 0.0260. The van der Waals surface area contributed by atoms with E-state index in [-0.39, 0.29) is 24.6 Å².